The summed E-state index contributed by atoms with van der Waals surface area (Å²) in [5.41, 5.74) is 0.973. The van der Waals surface area contributed by atoms with Crippen LogP contribution < -0.4 is 5.32 Å². The van der Waals surface area contributed by atoms with Crippen molar-refractivity contribution >= 4 is 30.1 Å². The maximum absolute atomic E-state index is 12.7. The molecule has 156 valence electrons. The molecule has 0 spiro atoms. The number of amides is 1. The van der Waals surface area contributed by atoms with Crippen LogP contribution in [0.15, 0.2) is 30.3 Å². The average molecular weight is 407 g/mol. The fourth-order valence-corrected chi connectivity index (χ4v) is 2.93. The van der Waals surface area contributed by atoms with Gasteiger partial charge in [-0.05, 0) is 24.2 Å². The van der Waals surface area contributed by atoms with Gasteiger partial charge >= 0.3 is 0 Å². The summed E-state index contributed by atoms with van der Waals surface area (Å²) in [4.78, 5) is 38.6. The summed E-state index contributed by atoms with van der Waals surface area (Å²) in [5, 5.41) is 2.96. The molecule has 1 amide bonds. The lowest BCUT2D eigenvalue weighted by atomic mass is 9.99. The van der Waals surface area contributed by atoms with Crippen molar-refractivity contribution in [3.05, 3.63) is 35.9 Å². The number of unbranched alkanes of at least 4 members (excludes halogenated alkanes) is 1. The first-order valence-electron chi connectivity index (χ1n) is 10.0. The van der Waals surface area contributed by atoms with Crippen LogP contribution in [-0.4, -0.2) is 47.8 Å². The lowest BCUT2D eigenvalue weighted by Gasteiger charge is -2.23. The van der Waals surface area contributed by atoms with Crippen LogP contribution in [0.5, 0.6) is 0 Å². The van der Waals surface area contributed by atoms with Gasteiger partial charge in [-0.25, -0.2) is 0 Å². The molecule has 1 aromatic carbocycles. The Morgan fingerprint density at radius 3 is 2.29 bits per heavy atom. The van der Waals surface area contributed by atoms with Gasteiger partial charge in [0, 0.05) is 18.4 Å². The molecule has 0 aliphatic heterocycles. The van der Waals surface area contributed by atoms with Gasteiger partial charge in [-0.2, -0.15) is 12.6 Å². The topological polar surface area (TPSA) is 66.5 Å². The standard InChI is InChI=1S/C22H34N2O3S/c1-17(2)21(26)16-24(15-19-10-5-4-6-11-19)22(27)14-23-13-20(25)18(3)9-7-8-12-28/h4-6,10-11,17-18,23,28H,7-9,12-16H2,1-3H3. The number of nitrogens with one attached hydrogen (secondary N) is 1. The van der Waals surface area contributed by atoms with Gasteiger partial charge in [0.2, 0.25) is 5.91 Å². The highest BCUT2D eigenvalue weighted by Gasteiger charge is 2.20. The van der Waals surface area contributed by atoms with E-state index in [-0.39, 0.29) is 48.9 Å². The number of rotatable bonds is 14. The Balaban J connectivity index is 2.56. The van der Waals surface area contributed by atoms with Crippen molar-refractivity contribution in [2.24, 2.45) is 11.8 Å². The molecule has 6 heteroatoms. The van der Waals surface area contributed by atoms with E-state index in [0.29, 0.717) is 6.54 Å². The highest BCUT2D eigenvalue weighted by atomic mass is 32.1. The van der Waals surface area contributed by atoms with Crippen molar-refractivity contribution in [1.82, 2.24) is 10.2 Å². The van der Waals surface area contributed by atoms with E-state index in [1.807, 2.05) is 51.1 Å². The fourth-order valence-electron chi connectivity index (χ4n) is 2.71. The number of carbonyl (C=O) groups excluding carboxylic acids is 3. The number of carbonyl (C=O) groups is 3. The third kappa shape index (κ3) is 9.51. The zero-order valence-electron chi connectivity index (χ0n) is 17.3. The van der Waals surface area contributed by atoms with Crippen LogP contribution in [0, 0.1) is 11.8 Å². The zero-order chi connectivity index (χ0) is 20.9. The minimum Gasteiger partial charge on any atom is -0.330 e. The maximum atomic E-state index is 12.7. The predicted octanol–water partition coefficient (Wildman–Crippen LogP) is 3.14. The second kappa shape index (κ2) is 13.5. The van der Waals surface area contributed by atoms with Gasteiger partial charge in [0.15, 0.2) is 5.78 Å². The lowest BCUT2D eigenvalue weighted by Crippen LogP contribution is -2.42. The highest BCUT2D eigenvalue weighted by Crippen LogP contribution is 2.10. The van der Waals surface area contributed by atoms with Crippen LogP contribution in [0.25, 0.3) is 0 Å². The first kappa shape index (κ1) is 24.4. The van der Waals surface area contributed by atoms with Crippen LogP contribution in [0.4, 0.5) is 0 Å². The van der Waals surface area contributed by atoms with Crippen molar-refractivity contribution in [2.75, 3.05) is 25.4 Å². The molecule has 0 saturated carbocycles. The van der Waals surface area contributed by atoms with E-state index in [4.69, 9.17) is 0 Å². The Hall–Kier alpha value is -1.66. The summed E-state index contributed by atoms with van der Waals surface area (Å²) in [6, 6.07) is 9.61. The smallest absolute Gasteiger partial charge is 0.237 e. The number of thiol groups is 1. The van der Waals surface area contributed by atoms with Crippen LogP contribution >= 0.6 is 12.6 Å². The summed E-state index contributed by atoms with van der Waals surface area (Å²) < 4.78 is 0. The van der Waals surface area contributed by atoms with E-state index in [9.17, 15) is 14.4 Å². The molecule has 0 aliphatic rings. The summed E-state index contributed by atoms with van der Waals surface area (Å²) in [6.07, 6.45) is 2.83. The quantitative estimate of drug-likeness (QED) is 0.368. The first-order chi connectivity index (χ1) is 13.3. The van der Waals surface area contributed by atoms with Gasteiger partial charge < -0.3 is 10.2 Å². The van der Waals surface area contributed by atoms with Crippen LogP contribution in [0.1, 0.15) is 45.6 Å². The monoisotopic (exact) mass is 406 g/mol. The molecule has 1 aromatic rings. The van der Waals surface area contributed by atoms with Crippen molar-refractivity contribution in [3.63, 3.8) is 0 Å². The van der Waals surface area contributed by atoms with Crippen molar-refractivity contribution in [3.8, 4) is 0 Å². The van der Waals surface area contributed by atoms with Gasteiger partial charge in [-0.1, -0.05) is 57.5 Å². The molecule has 28 heavy (non-hydrogen) atoms. The Bertz CT molecular complexity index is 619. The molecule has 0 radical (unpaired) electrons. The molecule has 0 saturated heterocycles. The third-order valence-corrected chi connectivity index (χ3v) is 5.05. The average Bonchev–Trinajstić information content (AvgIpc) is 2.67. The van der Waals surface area contributed by atoms with E-state index < -0.39 is 0 Å². The summed E-state index contributed by atoms with van der Waals surface area (Å²) in [5.74, 6) is 0.649. The Morgan fingerprint density at radius 1 is 1.00 bits per heavy atom. The number of nitrogens with zero attached hydrogens (tertiary/aromatic N) is 1. The molecule has 0 aromatic heterocycles. The third-order valence-electron chi connectivity index (χ3n) is 4.73. The molecule has 1 unspecified atom stereocenters. The van der Waals surface area contributed by atoms with Gasteiger partial charge in [-0.15, -0.1) is 0 Å². The Morgan fingerprint density at radius 2 is 1.68 bits per heavy atom. The SMILES string of the molecule is CC(C)C(=O)CN(Cc1ccccc1)C(=O)CNCC(=O)C(C)CCCCS. The second-order valence-corrected chi connectivity index (χ2v) is 7.99. The van der Waals surface area contributed by atoms with E-state index in [1.54, 1.807) is 4.90 Å². The minimum absolute atomic E-state index is 0.0228. The molecular formula is C22H34N2O3S. The second-order valence-electron chi connectivity index (χ2n) is 7.55. The number of benzene rings is 1. The van der Waals surface area contributed by atoms with Gasteiger partial charge in [0.05, 0.1) is 19.6 Å². The molecule has 0 heterocycles. The van der Waals surface area contributed by atoms with E-state index in [0.717, 1.165) is 30.6 Å². The molecule has 5 nitrogen and oxygen atoms in total. The predicted molar refractivity (Wildman–Crippen MR) is 116 cm³/mol. The molecule has 0 fully saturated rings. The van der Waals surface area contributed by atoms with Crippen molar-refractivity contribution in [2.45, 2.75) is 46.6 Å². The van der Waals surface area contributed by atoms with Crippen LogP contribution in [0.3, 0.4) is 0 Å². The highest BCUT2D eigenvalue weighted by molar-refractivity contribution is 7.80. The molecule has 0 bridgehead atoms. The summed E-state index contributed by atoms with van der Waals surface area (Å²) in [6.45, 7) is 6.28. The van der Waals surface area contributed by atoms with Crippen molar-refractivity contribution < 1.29 is 14.4 Å². The number of hydrogen-bond donors (Lipinski definition) is 2. The Kier molecular flexibility index (Phi) is 11.8. The Labute approximate surface area is 174 Å². The molecule has 1 rings (SSSR count). The number of Topliss-reactive ketones (excluding diaryl/α,β-unsaturated/α-hetero) is 2. The molecule has 0 aliphatic carbocycles. The first-order valence-corrected chi connectivity index (χ1v) is 10.7. The largest absolute Gasteiger partial charge is 0.330 e. The lowest BCUT2D eigenvalue weighted by molar-refractivity contribution is -0.136. The number of hydrogen-bond acceptors (Lipinski definition) is 5. The zero-order valence-corrected chi connectivity index (χ0v) is 18.2. The summed E-state index contributed by atoms with van der Waals surface area (Å²) >= 11 is 4.18. The van der Waals surface area contributed by atoms with E-state index in [1.165, 1.54) is 0 Å². The van der Waals surface area contributed by atoms with Gasteiger partial charge in [-0.3, -0.25) is 14.4 Å². The van der Waals surface area contributed by atoms with Crippen LogP contribution in [0.2, 0.25) is 0 Å². The van der Waals surface area contributed by atoms with Crippen molar-refractivity contribution in [1.29, 1.82) is 0 Å². The maximum Gasteiger partial charge on any atom is 0.237 e. The van der Waals surface area contributed by atoms with E-state index >= 15 is 0 Å². The van der Waals surface area contributed by atoms with E-state index in [2.05, 4.69) is 17.9 Å². The van der Waals surface area contributed by atoms with Gasteiger partial charge in [0.25, 0.3) is 0 Å². The fraction of sp³-hybridized carbons (Fsp3) is 0.591. The molecular weight excluding hydrogens is 372 g/mol. The minimum atomic E-state index is -0.173. The normalized spacial score (nSPS) is 12.0. The molecule has 1 N–H and O–H groups in total. The number of ketones is 2. The van der Waals surface area contributed by atoms with Crippen LogP contribution in [-0.2, 0) is 20.9 Å². The summed E-state index contributed by atoms with van der Waals surface area (Å²) in [7, 11) is 0. The molecule has 1 atom stereocenters. The van der Waals surface area contributed by atoms with Gasteiger partial charge in [0.1, 0.15) is 5.78 Å².